The normalized spacial score (nSPS) is 12.8. The van der Waals surface area contributed by atoms with Gasteiger partial charge in [-0.25, -0.2) is 0 Å². The summed E-state index contributed by atoms with van der Waals surface area (Å²) >= 11 is 0. The lowest BCUT2D eigenvalue weighted by Crippen LogP contribution is -2.15. The highest BCUT2D eigenvalue weighted by Crippen LogP contribution is 2.13. The summed E-state index contributed by atoms with van der Waals surface area (Å²) in [7, 11) is 0. The smallest absolute Gasteiger partial charge is 0.158 e. The zero-order chi connectivity index (χ0) is 17.9. The Hall–Kier alpha value is -0.670. The third-order valence-corrected chi connectivity index (χ3v) is 4.43. The van der Waals surface area contributed by atoms with E-state index < -0.39 is 6.10 Å². The standard InChI is InChI=1S/C21H40O3/c1-2-3-4-5-6-7-8-9-10-11-12-13-14-15-16-17-20(23)18-21(24)19-22/h16-17,21-22,24H,2-15,18-19H2,1H3. The second-order valence-corrected chi connectivity index (χ2v) is 6.94. The molecule has 0 spiro atoms. The molecule has 0 fully saturated rings. The van der Waals surface area contributed by atoms with Crippen LogP contribution >= 0.6 is 0 Å². The van der Waals surface area contributed by atoms with E-state index in [1.165, 1.54) is 77.0 Å². The predicted molar refractivity (Wildman–Crippen MR) is 102 cm³/mol. The summed E-state index contributed by atoms with van der Waals surface area (Å²) in [5.74, 6) is -0.105. The number of unbranched alkanes of at least 4 members (excludes halogenated alkanes) is 13. The van der Waals surface area contributed by atoms with Crippen LogP contribution in [0.25, 0.3) is 0 Å². The number of hydrogen-bond acceptors (Lipinski definition) is 3. The second kappa shape index (κ2) is 18.7. The molecule has 0 saturated carbocycles. The molecule has 0 amide bonds. The van der Waals surface area contributed by atoms with Gasteiger partial charge in [0.05, 0.1) is 12.7 Å². The van der Waals surface area contributed by atoms with Crippen molar-refractivity contribution in [3.05, 3.63) is 12.2 Å². The maximum absolute atomic E-state index is 11.4. The van der Waals surface area contributed by atoms with Gasteiger partial charge in [-0.1, -0.05) is 90.0 Å². The van der Waals surface area contributed by atoms with E-state index in [0.29, 0.717) is 0 Å². The lowest BCUT2D eigenvalue weighted by Gasteiger charge is -2.03. The molecule has 0 aromatic heterocycles. The third-order valence-electron chi connectivity index (χ3n) is 4.43. The highest BCUT2D eigenvalue weighted by molar-refractivity contribution is 5.89. The Labute approximate surface area is 149 Å². The molecule has 24 heavy (non-hydrogen) atoms. The van der Waals surface area contributed by atoms with Gasteiger partial charge in [-0.3, -0.25) is 4.79 Å². The molecule has 0 bridgehead atoms. The molecule has 3 nitrogen and oxygen atoms in total. The monoisotopic (exact) mass is 340 g/mol. The van der Waals surface area contributed by atoms with Crippen molar-refractivity contribution in [1.29, 1.82) is 0 Å². The Balaban J connectivity index is 3.21. The third kappa shape index (κ3) is 17.7. The van der Waals surface area contributed by atoms with Gasteiger partial charge in [-0.15, -0.1) is 0 Å². The van der Waals surface area contributed by atoms with Crippen molar-refractivity contribution in [1.82, 2.24) is 0 Å². The number of aliphatic hydroxyl groups is 2. The molecule has 0 aliphatic heterocycles. The number of rotatable bonds is 18. The van der Waals surface area contributed by atoms with Crippen molar-refractivity contribution >= 4 is 5.78 Å². The van der Waals surface area contributed by atoms with Crippen LogP contribution in [0.3, 0.4) is 0 Å². The zero-order valence-corrected chi connectivity index (χ0v) is 15.8. The molecule has 0 rings (SSSR count). The van der Waals surface area contributed by atoms with Crippen molar-refractivity contribution in [2.75, 3.05) is 6.61 Å². The molecule has 3 heteroatoms. The fourth-order valence-corrected chi connectivity index (χ4v) is 2.86. The first-order valence-electron chi connectivity index (χ1n) is 10.2. The number of hydrogen-bond donors (Lipinski definition) is 2. The second-order valence-electron chi connectivity index (χ2n) is 6.94. The largest absolute Gasteiger partial charge is 0.394 e. The molecular weight excluding hydrogens is 300 g/mol. The van der Waals surface area contributed by atoms with Crippen molar-refractivity contribution < 1.29 is 15.0 Å². The summed E-state index contributed by atoms with van der Waals surface area (Å²) in [6, 6.07) is 0. The van der Waals surface area contributed by atoms with E-state index in [0.717, 1.165) is 12.8 Å². The Bertz CT molecular complexity index is 299. The predicted octanol–water partition coefficient (Wildman–Crippen LogP) is 5.34. The topological polar surface area (TPSA) is 57.5 Å². The molecule has 1 atom stereocenters. The van der Waals surface area contributed by atoms with Gasteiger partial charge < -0.3 is 10.2 Å². The van der Waals surface area contributed by atoms with Crippen LogP contribution in [0.15, 0.2) is 12.2 Å². The lowest BCUT2D eigenvalue weighted by molar-refractivity contribution is -0.116. The summed E-state index contributed by atoms with van der Waals surface area (Å²) in [5.41, 5.74) is 0. The van der Waals surface area contributed by atoms with Gasteiger partial charge in [0.1, 0.15) is 0 Å². The molecule has 2 N–H and O–H groups in total. The fraction of sp³-hybridized carbons (Fsp3) is 0.857. The number of allylic oxidation sites excluding steroid dienone is 2. The Morgan fingerprint density at radius 2 is 1.29 bits per heavy atom. The number of ketones is 1. The molecule has 1 unspecified atom stereocenters. The SMILES string of the molecule is CCCCCCCCCCCCCCCC=CC(=O)CC(O)CO. The van der Waals surface area contributed by atoms with E-state index >= 15 is 0 Å². The average molecular weight is 341 g/mol. The summed E-state index contributed by atoms with van der Waals surface area (Å²) in [4.78, 5) is 11.4. The van der Waals surface area contributed by atoms with Crippen LogP contribution in [0.2, 0.25) is 0 Å². The summed E-state index contributed by atoms with van der Waals surface area (Å²) in [6.45, 7) is 1.92. The number of carbonyl (C=O) groups is 1. The van der Waals surface area contributed by atoms with E-state index in [4.69, 9.17) is 10.2 Å². The van der Waals surface area contributed by atoms with E-state index in [-0.39, 0.29) is 18.8 Å². The Morgan fingerprint density at radius 1 is 0.833 bits per heavy atom. The number of aliphatic hydroxyl groups excluding tert-OH is 2. The fourth-order valence-electron chi connectivity index (χ4n) is 2.86. The minimum absolute atomic E-state index is 0.0194. The van der Waals surface area contributed by atoms with Crippen LogP contribution in [-0.4, -0.2) is 28.7 Å². The van der Waals surface area contributed by atoms with E-state index in [1.54, 1.807) is 6.08 Å². The molecule has 0 saturated heterocycles. The Morgan fingerprint density at radius 3 is 1.75 bits per heavy atom. The van der Waals surface area contributed by atoms with Crippen LogP contribution in [-0.2, 0) is 4.79 Å². The van der Waals surface area contributed by atoms with Crippen molar-refractivity contribution in [3.63, 3.8) is 0 Å². The van der Waals surface area contributed by atoms with Gasteiger partial charge >= 0.3 is 0 Å². The van der Waals surface area contributed by atoms with Crippen LogP contribution in [0.1, 0.15) is 103 Å². The van der Waals surface area contributed by atoms with Gasteiger partial charge in [-0.2, -0.15) is 0 Å². The molecule has 0 aromatic carbocycles. The van der Waals surface area contributed by atoms with Crippen LogP contribution in [0, 0.1) is 0 Å². The van der Waals surface area contributed by atoms with Crippen molar-refractivity contribution in [3.8, 4) is 0 Å². The van der Waals surface area contributed by atoms with Gasteiger partial charge in [0.2, 0.25) is 0 Å². The molecule has 0 aliphatic rings. The highest BCUT2D eigenvalue weighted by Gasteiger charge is 2.05. The van der Waals surface area contributed by atoms with Gasteiger partial charge in [0, 0.05) is 6.42 Å². The molecule has 142 valence electrons. The summed E-state index contributed by atoms with van der Waals surface area (Å²) < 4.78 is 0. The van der Waals surface area contributed by atoms with Crippen LogP contribution in [0.5, 0.6) is 0 Å². The van der Waals surface area contributed by atoms with E-state index in [2.05, 4.69) is 6.92 Å². The summed E-state index contributed by atoms with van der Waals surface area (Å²) in [6.07, 6.45) is 21.0. The van der Waals surface area contributed by atoms with E-state index in [9.17, 15) is 4.79 Å². The minimum Gasteiger partial charge on any atom is -0.394 e. The first-order valence-corrected chi connectivity index (χ1v) is 10.2. The lowest BCUT2D eigenvalue weighted by atomic mass is 10.0. The number of carbonyl (C=O) groups excluding carboxylic acids is 1. The maximum atomic E-state index is 11.4. The van der Waals surface area contributed by atoms with Crippen molar-refractivity contribution in [2.24, 2.45) is 0 Å². The quantitative estimate of drug-likeness (QED) is 0.262. The van der Waals surface area contributed by atoms with Crippen LogP contribution in [0.4, 0.5) is 0 Å². The summed E-state index contributed by atoms with van der Waals surface area (Å²) in [5, 5.41) is 17.8. The van der Waals surface area contributed by atoms with Gasteiger partial charge in [0.15, 0.2) is 5.78 Å². The van der Waals surface area contributed by atoms with E-state index in [1.807, 2.05) is 6.08 Å². The zero-order valence-electron chi connectivity index (χ0n) is 15.8. The van der Waals surface area contributed by atoms with Gasteiger partial charge in [0.25, 0.3) is 0 Å². The Kier molecular flexibility index (Phi) is 18.1. The average Bonchev–Trinajstić information content (AvgIpc) is 2.58. The highest BCUT2D eigenvalue weighted by atomic mass is 16.3. The maximum Gasteiger partial charge on any atom is 0.158 e. The molecule has 0 heterocycles. The first-order chi connectivity index (χ1) is 11.7. The van der Waals surface area contributed by atoms with Crippen molar-refractivity contribution in [2.45, 2.75) is 109 Å². The minimum atomic E-state index is -0.918. The molecule has 0 aromatic rings. The molecule has 0 aliphatic carbocycles. The van der Waals surface area contributed by atoms with Crippen LogP contribution < -0.4 is 0 Å². The molecular formula is C21H40O3. The first kappa shape index (κ1) is 23.3. The van der Waals surface area contributed by atoms with Gasteiger partial charge in [-0.05, 0) is 18.9 Å². The molecule has 0 radical (unpaired) electrons.